The van der Waals surface area contributed by atoms with Gasteiger partial charge in [-0.1, -0.05) is 0 Å². The Labute approximate surface area is 107 Å². The number of nitrogens with one attached hydrogen (secondary N) is 1. The van der Waals surface area contributed by atoms with E-state index in [0.29, 0.717) is 5.92 Å². The lowest BCUT2D eigenvalue weighted by Crippen LogP contribution is -2.41. The summed E-state index contributed by atoms with van der Waals surface area (Å²) < 4.78 is 1.60. The Morgan fingerprint density at radius 3 is 3.11 bits per heavy atom. The Balaban J connectivity index is 1.87. The smallest absolute Gasteiger partial charge is 0.246 e. The monoisotopic (exact) mass is 251 g/mol. The Kier molecular flexibility index (Phi) is 4.30. The van der Waals surface area contributed by atoms with Crippen molar-refractivity contribution in [2.45, 2.75) is 25.8 Å². The summed E-state index contributed by atoms with van der Waals surface area (Å²) in [4.78, 5) is 17.9. The van der Waals surface area contributed by atoms with E-state index in [9.17, 15) is 4.79 Å². The zero-order chi connectivity index (χ0) is 13.0. The molecule has 0 bridgehead atoms. The highest BCUT2D eigenvalue weighted by Crippen LogP contribution is 2.13. The van der Waals surface area contributed by atoms with Crippen molar-refractivity contribution in [2.24, 2.45) is 5.92 Å². The van der Waals surface area contributed by atoms with Crippen LogP contribution in [0.4, 0.5) is 0 Å². The van der Waals surface area contributed by atoms with Crippen LogP contribution in [-0.2, 0) is 4.79 Å². The molecule has 2 atom stereocenters. The van der Waals surface area contributed by atoms with E-state index in [2.05, 4.69) is 15.4 Å². The fraction of sp³-hybridized carbons (Fsp3) is 0.750. The van der Waals surface area contributed by atoms with Gasteiger partial charge >= 0.3 is 0 Å². The zero-order valence-electron chi connectivity index (χ0n) is 11.0. The summed E-state index contributed by atoms with van der Waals surface area (Å²) >= 11 is 0. The molecule has 1 aliphatic rings. The van der Waals surface area contributed by atoms with Crippen LogP contribution < -0.4 is 5.32 Å². The van der Waals surface area contributed by atoms with Crippen LogP contribution in [0.3, 0.4) is 0 Å². The number of hydrogen-bond acceptors (Lipinski definition) is 4. The van der Waals surface area contributed by atoms with Gasteiger partial charge in [0.05, 0.1) is 0 Å². The summed E-state index contributed by atoms with van der Waals surface area (Å²) in [5.41, 5.74) is 0. The molecule has 1 fully saturated rings. The summed E-state index contributed by atoms with van der Waals surface area (Å²) in [6.07, 6.45) is 5.43. The number of amides is 1. The second-order valence-electron chi connectivity index (χ2n) is 4.98. The molecule has 100 valence electrons. The van der Waals surface area contributed by atoms with Crippen LogP contribution in [-0.4, -0.2) is 52.3 Å². The largest absolute Gasteiger partial charge is 0.344 e. The molecule has 6 heteroatoms. The molecule has 0 saturated carbocycles. The minimum Gasteiger partial charge on any atom is -0.344 e. The van der Waals surface area contributed by atoms with Crippen LogP contribution in [0.25, 0.3) is 0 Å². The van der Waals surface area contributed by atoms with Crippen molar-refractivity contribution in [3.05, 3.63) is 12.7 Å². The first kappa shape index (κ1) is 13.0. The van der Waals surface area contributed by atoms with Crippen molar-refractivity contribution in [3.63, 3.8) is 0 Å². The number of piperidine rings is 1. The third-order valence-electron chi connectivity index (χ3n) is 3.50. The molecule has 0 spiro atoms. The van der Waals surface area contributed by atoms with E-state index in [1.54, 1.807) is 11.0 Å². The summed E-state index contributed by atoms with van der Waals surface area (Å²) in [5, 5.41) is 7.38. The molecule has 2 heterocycles. The van der Waals surface area contributed by atoms with E-state index in [4.69, 9.17) is 0 Å². The molecule has 1 saturated heterocycles. The molecule has 1 N–H and O–H groups in total. The van der Waals surface area contributed by atoms with E-state index in [1.807, 2.05) is 18.9 Å². The second kappa shape index (κ2) is 5.95. The van der Waals surface area contributed by atoms with Crippen LogP contribution in [0.2, 0.25) is 0 Å². The van der Waals surface area contributed by atoms with Crippen LogP contribution in [0.1, 0.15) is 25.8 Å². The van der Waals surface area contributed by atoms with Gasteiger partial charge in [-0.25, -0.2) is 9.67 Å². The molecule has 0 radical (unpaired) electrons. The first-order valence-electron chi connectivity index (χ1n) is 6.48. The SMILES string of the molecule is CC(C(=O)N(C)CC1CCCNC1)n1cncn1. The minimum absolute atomic E-state index is 0.0890. The maximum atomic E-state index is 12.2. The first-order chi connectivity index (χ1) is 8.68. The van der Waals surface area contributed by atoms with E-state index >= 15 is 0 Å². The van der Waals surface area contributed by atoms with Crippen LogP contribution >= 0.6 is 0 Å². The molecule has 1 aliphatic heterocycles. The highest BCUT2D eigenvalue weighted by molar-refractivity contribution is 5.79. The number of carbonyl (C=O) groups excluding carboxylic acids is 1. The van der Waals surface area contributed by atoms with Crippen LogP contribution in [0.5, 0.6) is 0 Å². The first-order valence-corrected chi connectivity index (χ1v) is 6.48. The Bertz CT molecular complexity index is 372. The van der Waals surface area contributed by atoms with Crippen molar-refractivity contribution in [2.75, 3.05) is 26.7 Å². The normalized spacial score (nSPS) is 21.6. The van der Waals surface area contributed by atoms with Gasteiger partial charge in [-0.05, 0) is 38.8 Å². The molecular weight excluding hydrogens is 230 g/mol. The molecule has 6 nitrogen and oxygen atoms in total. The third kappa shape index (κ3) is 3.07. The number of rotatable bonds is 4. The van der Waals surface area contributed by atoms with Gasteiger partial charge in [0, 0.05) is 13.6 Å². The van der Waals surface area contributed by atoms with Crippen molar-refractivity contribution in [1.82, 2.24) is 25.0 Å². The highest BCUT2D eigenvalue weighted by Gasteiger charge is 2.23. The summed E-state index contributed by atoms with van der Waals surface area (Å²) in [7, 11) is 1.87. The number of aromatic nitrogens is 3. The summed E-state index contributed by atoms with van der Waals surface area (Å²) in [6.45, 7) is 4.77. The number of carbonyl (C=O) groups is 1. The fourth-order valence-corrected chi connectivity index (χ4v) is 2.41. The molecule has 0 aromatic carbocycles. The topological polar surface area (TPSA) is 63.1 Å². The van der Waals surface area contributed by atoms with E-state index in [0.717, 1.165) is 19.6 Å². The maximum Gasteiger partial charge on any atom is 0.246 e. The average Bonchev–Trinajstić information content (AvgIpc) is 2.92. The van der Waals surface area contributed by atoms with Gasteiger partial charge in [0.1, 0.15) is 18.7 Å². The number of likely N-dealkylation sites (N-methyl/N-ethyl adjacent to an activating group) is 1. The van der Waals surface area contributed by atoms with Crippen molar-refractivity contribution in [3.8, 4) is 0 Å². The molecule has 1 amide bonds. The third-order valence-corrected chi connectivity index (χ3v) is 3.50. The van der Waals surface area contributed by atoms with Crippen molar-refractivity contribution < 1.29 is 4.79 Å². The molecule has 2 rings (SSSR count). The van der Waals surface area contributed by atoms with Gasteiger partial charge in [0.25, 0.3) is 0 Å². The summed E-state index contributed by atoms with van der Waals surface area (Å²) in [5.74, 6) is 0.654. The van der Waals surface area contributed by atoms with Crippen LogP contribution in [0, 0.1) is 5.92 Å². The second-order valence-corrected chi connectivity index (χ2v) is 4.98. The van der Waals surface area contributed by atoms with Crippen molar-refractivity contribution >= 4 is 5.91 Å². The predicted octanol–water partition coefficient (Wildman–Crippen LogP) is 0.297. The minimum atomic E-state index is -0.283. The zero-order valence-corrected chi connectivity index (χ0v) is 11.0. The summed E-state index contributed by atoms with van der Waals surface area (Å²) in [6, 6.07) is -0.283. The van der Waals surface area contributed by atoms with Crippen LogP contribution in [0.15, 0.2) is 12.7 Å². The van der Waals surface area contributed by atoms with Gasteiger partial charge in [-0.2, -0.15) is 5.10 Å². The molecule has 1 aromatic heterocycles. The Morgan fingerprint density at radius 1 is 1.67 bits per heavy atom. The lowest BCUT2D eigenvalue weighted by atomic mass is 9.99. The number of nitrogens with zero attached hydrogens (tertiary/aromatic N) is 4. The van der Waals surface area contributed by atoms with Gasteiger partial charge in [0.15, 0.2) is 0 Å². The van der Waals surface area contributed by atoms with Gasteiger partial charge in [-0.15, -0.1) is 0 Å². The number of hydrogen-bond donors (Lipinski definition) is 1. The molecule has 2 unspecified atom stereocenters. The lowest BCUT2D eigenvalue weighted by molar-refractivity contribution is -0.133. The predicted molar refractivity (Wildman–Crippen MR) is 68.0 cm³/mol. The Morgan fingerprint density at radius 2 is 2.50 bits per heavy atom. The van der Waals surface area contributed by atoms with E-state index in [1.165, 1.54) is 19.2 Å². The van der Waals surface area contributed by atoms with E-state index in [-0.39, 0.29) is 11.9 Å². The standard InChI is InChI=1S/C12H21N5O/c1-10(17-9-14-8-15-17)12(18)16(2)7-11-4-3-5-13-6-11/h8-11,13H,3-7H2,1-2H3. The maximum absolute atomic E-state index is 12.2. The van der Waals surface area contributed by atoms with E-state index < -0.39 is 0 Å². The molecule has 18 heavy (non-hydrogen) atoms. The molecule has 1 aromatic rings. The van der Waals surface area contributed by atoms with Crippen molar-refractivity contribution in [1.29, 1.82) is 0 Å². The highest BCUT2D eigenvalue weighted by atomic mass is 16.2. The van der Waals surface area contributed by atoms with Gasteiger partial charge in [0.2, 0.25) is 5.91 Å². The van der Waals surface area contributed by atoms with Gasteiger partial charge < -0.3 is 10.2 Å². The average molecular weight is 251 g/mol. The van der Waals surface area contributed by atoms with Gasteiger partial charge in [-0.3, -0.25) is 4.79 Å². The molecule has 0 aliphatic carbocycles. The lowest BCUT2D eigenvalue weighted by Gasteiger charge is -2.29. The molecular formula is C12H21N5O. The quantitative estimate of drug-likeness (QED) is 0.836. The fourth-order valence-electron chi connectivity index (χ4n) is 2.41. The Hall–Kier alpha value is -1.43.